The lowest BCUT2D eigenvalue weighted by Gasteiger charge is -2.08. The van der Waals surface area contributed by atoms with Crippen LogP contribution in [0.2, 0.25) is 0 Å². The van der Waals surface area contributed by atoms with Crippen molar-refractivity contribution < 1.29 is 14.3 Å². The Hall–Kier alpha value is -1.38. The molecule has 1 rings (SSSR count). The first-order valence-electron chi connectivity index (χ1n) is 4.01. The minimum Gasteiger partial charge on any atom is -0.481 e. The van der Waals surface area contributed by atoms with Crippen molar-refractivity contribution in [3.05, 3.63) is 35.1 Å². The van der Waals surface area contributed by atoms with E-state index in [1.807, 2.05) is 0 Å². The van der Waals surface area contributed by atoms with E-state index in [0.717, 1.165) is 5.56 Å². The minimum atomic E-state index is -1.01. The first-order valence-corrected chi connectivity index (χ1v) is 4.01. The van der Waals surface area contributed by atoms with Gasteiger partial charge in [-0.1, -0.05) is 17.7 Å². The fourth-order valence-electron chi connectivity index (χ4n) is 1.13. The smallest absolute Gasteiger partial charge is 0.310 e. The summed E-state index contributed by atoms with van der Waals surface area (Å²) in [5, 5.41) is 8.68. The van der Waals surface area contributed by atoms with Gasteiger partial charge in [0, 0.05) is 5.56 Å². The summed E-state index contributed by atoms with van der Waals surface area (Å²) in [6.45, 7) is 3.28. The van der Waals surface area contributed by atoms with Gasteiger partial charge in [-0.05, 0) is 19.9 Å². The molecule has 0 saturated carbocycles. The summed E-state index contributed by atoms with van der Waals surface area (Å²) in [5.41, 5.74) is 1.11. The van der Waals surface area contributed by atoms with Crippen molar-refractivity contribution in [2.45, 2.75) is 19.8 Å². The maximum Gasteiger partial charge on any atom is 0.310 e. The molecule has 0 aliphatic rings. The Morgan fingerprint density at radius 3 is 2.69 bits per heavy atom. The van der Waals surface area contributed by atoms with Crippen LogP contribution in [0.25, 0.3) is 0 Å². The molecule has 1 aromatic rings. The molecule has 3 heteroatoms. The summed E-state index contributed by atoms with van der Waals surface area (Å²) in [6.07, 6.45) is 0. The van der Waals surface area contributed by atoms with Crippen LogP contribution < -0.4 is 0 Å². The van der Waals surface area contributed by atoms with Crippen molar-refractivity contribution in [2.24, 2.45) is 0 Å². The largest absolute Gasteiger partial charge is 0.481 e. The predicted molar refractivity (Wildman–Crippen MR) is 47.2 cm³/mol. The highest BCUT2D eigenvalue weighted by Gasteiger charge is 2.17. The molecule has 0 bridgehead atoms. The maximum atomic E-state index is 13.1. The van der Waals surface area contributed by atoms with Gasteiger partial charge in [0.1, 0.15) is 5.82 Å². The Labute approximate surface area is 76.0 Å². The fourth-order valence-corrected chi connectivity index (χ4v) is 1.13. The highest BCUT2D eigenvalue weighted by molar-refractivity contribution is 5.75. The number of halogens is 1. The van der Waals surface area contributed by atoms with Crippen LogP contribution in [0.15, 0.2) is 18.2 Å². The molecule has 13 heavy (non-hydrogen) atoms. The molecule has 1 atom stereocenters. The van der Waals surface area contributed by atoms with E-state index in [1.54, 1.807) is 19.1 Å². The van der Waals surface area contributed by atoms with Gasteiger partial charge in [0.15, 0.2) is 0 Å². The van der Waals surface area contributed by atoms with Crippen LogP contribution in [0.3, 0.4) is 0 Å². The highest BCUT2D eigenvalue weighted by Crippen LogP contribution is 2.20. The molecule has 0 amide bonds. The van der Waals surface area contributed by atoms with E-state index in [9.17, 15) is 9.18 Å². The van der Waals surface area contributed by atoms with Crippen LogP contribution in [0.1, 0.15) is 24.0 Å². The van der Waals surface area contributed by atoms with E-state index in [0.29, 0.717) is 0 Å². The minimum absolute atomic E-state index is 0.243. The Bertz CT molecular complexity index is 334. The monoisotopic (exact) mass is 182 g/mol. The summed E-state index contributed by atoms with van der Waals surface area (Å²) in [5.74, 6) is -2.26. The predicted octanol–water partition coefficient (Wildman–Crippen LogP) is 2.32. The Kier molecular flexibility index (Phi) is 2.66. The standard InChI is InChI=1S/C10H11FO2/c1-6-3-4-9(11)8(5-6)7(2)10(12)13/h3-5,7H,1-2H3,(H,12,13). The SMILES string of the molecule is Cc1ccc(F)c(C(C)C(=O)O)c1. The lowest BCUT2D eigenvalue weighted by atomic mass is 9.99. The molecule has 1 unspecified atom stereocenters. The number of rotatable bonds is 2. The normalized spacial score (nSPS) is 12.5. The molecule has 70 valence electrons. The van der Waals surface area contributed by atoms with Gasteiger partial charge in [-0.25, -0.2) is 4.39 Å². The number of benzene rings is 1. The summed E-state index contributed by atoms with van der Waals surface area (Å²) >= 11 is 0. The molecular formula is C10H11FO2. The third-order valence-corrected chi connectivity index (χ3v) is 1.99. The number of aliphatic carboxylic acids is 1. The molecule has 0 radical (unpaired) electrons. The fraction of sp³-hybridized carbons (Fsp3) is 0.300. The number of carbonyl (C=O) groups is 1. The van der Waals surface area contributed by atoms with Gasteiger partial charge in [-0.15, -0.1) is 0 Å². The molecule has 0 aromatic heterocycles. The third kappa shape index (κ3) is 2.05. The molecule has 0 aliphatic heterocycles. The average Bonchev–Trinajstić information content (AvgIpc) is 2.08. The van der Waals surface area contributed by atoms with Crippen LogP contribution >= 0.6 is 0 Å². The molecule has 1 aromatic carbocycles. The number of carboxylic acids is 1. The Balaban J connectivity index is 3.12. The Morgan fingerprint density at radius 1 is 1.54 bits per heavy atom. The summed E-state index contributed by atoms with van der Waals surface area (Å²) in [4.78, 5) is 10.6. The van der Waals surface area contributed by atoms with Crippen molar-refractivity contribution in [3.8, 4) is 0 Å². The lowest BCUT2D eigenvalue weighted by Crippen LogP contribution is -2.09. The topological polar surface area (TPSA) is 37.3 Å². The second-order valence-corrected chi connectivity index (χ2v) is 3.08. The molecule has 2 nitrogen and oxygen atoms in total. The van der Waals surface area contributed by atoms with Crippen molar-refractivity contribution >= 4 is 5.97 Å². The van der Waals surface area contributed by atoms with E-state index in [2.05, 4.69) is 0 Å². The van der Waals surface area contributed by atoms with Gasteiger partial charge >= 0.3 is 5.97 Å². The molecule has 0 saturated heterocycles. The average molecular weight is 182 g/mol. The molecule has 0 spiro atoms. The van der Waals surface area contributed by atoms with Gasteiger partial charge in [0.05, 0.1) is 5.92 Å². The zero-order chi connectivity index (χ0) is 10.0. The van der Waals surface area contributed by atoms with E-state index < -0.39 is 17.7 Å². The number of hydrogen-bond acceptors (Lipinski definition) is 1. The van der Waals surface area contributed by atoms with Crippen LogP contribution in [0.5, 0.6) is 0 Å². The van der Waals surface area contributed by atoms with Gasteiger partial charge < -0.3 is 5.11 Å². The highest BCUT2D eigenvalue weighted by atomic mass is 19.1. The van der Waals surface area contributed by atoms with Crippen LogP contribution in [-0.2, 0) is 4.79 Å². The van der Waals surface area contributed by atoms with Crippen molar-refractivity contribution in [1.82, 2.24) is 0 Å². The van der Waals surface area contributed by atoms with Gasteiger partial charge in [0.2, 0.25) is 0 Å². The van der Waals surface area contributed by atoms with Gasteiger partial charge in [-0.3, -0.25) is 4.79 Å². The van der Waals surface area contributed by atoms with E-state index >= 15 is 0 Å². The molecule has 0 fully saturated rings. The second kappa shape index (κ2) is 3.56. The van der Waals surface area contributed by atoms with Crippen LogP contribution in [-0.4, -0.2) is 11.1 Å². The molecule has 0 aliphatic carbocycles. The molecular weight excluding hydrogens is 171 g/mol. The van der Waals surface area contributed by atoms with E-state index in [4.69, 9.17) is 5.11 Å². The number of aryl methyl sites for hydroxylation is 1. The van der Waals surface area contributed by atoms with Crippen molar-refractivity contribution in [2.75, 3.05) is 0 Å². The lowest BCUT2D eigenvalue weighted by molar-refractivity contribution is -0.138. The second-order valence-electron chi connectivity index (χ2n) is 3.08. The third-order valence-electron chi connectivity index (χ3n) is 1.99. The van der Waals surface area contributed by atoms with Crippen LogP contribution in [0.4, 0.5) is 4.39 Å². The number of carboxylic acid groups (broad SMARTS) is 1. The first-order chi connectivity index (χ1) is 6.02. The Morgan fingerprint density at radius 2 is 2.15 bits per heavy atom. The van der Waals surface area contributed by atoms with Crippen molar-refractivity contribution in [1.29, 1.82) is 0 Å². The summed E-state index contributed by atoms with van der Waals surface area (Å²) in [6, 6.07) is 4.48. The zero-order valence-electron chi connectivity index (χ0n) is 7.54. The zero-order valence-corrected chi connectivity index (χ0v) is 7.54. The number of hydrogen-bond donors (Lipinski definition) is 1. The molecule has 1 N–H and O–H groups in total. The van der Waals surface area contributed by atoms with Crippen molar-refractivity contribution in [3.63, 3.8) is 0 Å². The van der Waals surface area contributed by atoms with Gasteiger partial charge in [-0.2, -0.15) is 0 Å². The first kappa shape index (κ1) is 9.71. The maximum absolute atomic E-state index is 13.1. The van der Waals surface area contributed by atoms with E-state index in [1.165, 1.54) is 13.0 Å². The summed E-state index contributed by atoms with van der Waals surface area (Å²) < 4.78 is 13.1. The van der Waals surface area contributed by atoms with E-state index in [-0.39, 0.29) is 5.56 Å². The quantitative estimate of drug-likeness (QED) is 0.762. The van der Waals surface area contributed by atoms with Gasteiger partial charge in [0.25, 0.3) is 0 Å². The molecule has 0 heterocycles. The van der Waals surface area contributed by atoms with Crippen LogP contribution in [0, 0.1) is 12.7 Å². The summed E-state index contributed by atoms with van der Waals surface area (Å²) in [7, 11) is 0.